The van der Waals surface area contributed by atoms with E-state index in [1.807, 2.05) is 45.0 Å². The first-order valence-corrected chi connectivity index (χ1v) is 23.6. The Bertz CT molecular complexity index is 2040. The van der Waals surface area contributed by atoms with Crippen molar-refractivity contribution in [3.05, 3.63) is 83.7 Å². The molecule has 3 heterocycles. The molecule has 0 bridgehead atoms. The molecule has 0 saturated carbocycles. The number of hydrogen-bond acceptors (Lipinski definition) is 14. The Morgan fingerprint density at radius 1 is 0.806 bits per heavy atom. The summed E-state index contributed by atoms with van der Waals surface area (Å²) >= 11 is 0. The molecule has 2 amide bonds. The zero-order valence-corrected chi connectivity index (χ0v) is 39.8. The summed E-state index contributed by atoms with van der Waals surface area (Å²) in [4.78, 5) is 43.7. The number of rotatable bonds is 26. The van der Waals surface area contributed by atoms with Gasteiger partial charge >= 0.3 is 12.1 Å². The Balaban J connectivity index is 1.04. The van der Waals surface area contributed by atoms with Crippen molar-refractivity contribution in [1.29, 1.82) is 10.8 Å². The first-order chi connectivity index (χ1) is 32.4. The summed E-state index contributed by atoms with van der Waals surface area (Å²) in [6.45, 7) is 10.7. The van der Waals surface area contributed by atoms with Crippen molar-refractivity contribution in [2.45, 2.75) is 109 Å². The summed E-state index contributed by atoms with van der Waals surface area (Å²) in [5, 5.41) is 27.6. The summed E-state index contributed by atoms with van der Waals surface area (Å²) in [6.07, 6.45) is 11.1. The lowest BCUT2D eigenvalue weighted by Gasteiger charge is -2.43. The zero-order chi connectivity index (χ0) is 47.9. The number of benzene rings is 2. The molecule has 67 heavy (non-hydrogen) atoms. The number of ether oxygens (including phenoxy) is 7. The minimum Gasteiger partial charge on any atom is -0.494 e. The first-order valence-electron chi connectivity index (χ1n) is 23.6. The molecule has 0 unspecified atom stereocenters. The second-order valence-electron chi connectivity index (χ2n) is 17.7. The Kier molecular flexibility index (Phi) is 21.1. The van der Waals surface area contributed by atoms with E-state index in [1.165, 1.54) is 7.11 Å². The average Bonchev–Trinajstić information content (AvgIpc) is 3.32. The Labute approximate surface area is 395 Å². The van der Waals surface area contributed by atoms with Gasteiger partial charge in [-0.05, 0) is 114 Å². The molecule has 3 aromatic rings. The number of piperidine rings is 1. The van der Waals surface area contributed by atoms with Crippen molar-refractivity contribution in [2.24, 2.45) is 0 Å². The van der Waals surface area contributed by atoms with Gasteiger partial charge in [0, 0.05) is 73.9 Å². The van der Waals surface area contributed by atoms with Gasteiger partial charge in [-0.1, -0.05) is 18.9 Å². The molecule has 2 aromatic carbocycles. The number of pyridine rings is 1. The van der Waals surface area contributed by atoms with Crippen LogP contribution in [0.2, 0.25) is 0 Å². The number of unbranched alkanes of at least 4 members (excludes halogenated alkanes) is 5. The van der Waals surface area contributed by atoms with Crippen LogP contribution in [0.1, 0.15) is 119 Å². The monoisotopic (exact) mass is 930 g/mol. The van der Waals surface area contributed by atoms with E-state index in [1.54, 1.807) is 47.6 Å². The number of amides is 2. The van der Waals surface area contributed by atoms with Crippen LogP contribution in [0, 0.1) is 10.8 Å². The Hall–Kier alpha value is -5.78. The highest BCUT2D eigenvalue weighted by Crippen LogP contribution is 2.36. The van der Waals surface area contributed by atoms with Crippen molar-refractivity contribution in [2.75, 3.05) is 78.4 Å². The van der Waals surface area contributed by atoms with Crippen LogP contribution in [-0.4, -0.2) is 124 Å². The van der Waals surface area contributed by atoms with Crippen molar-refractivity contribution >= 4 is 35.3 Å². The summed E-state index contributed by atoms with van der Waals surface area (Å²) < 4.78 is 39.2. The normalized spacial score (nSPS) is 15.3. The highest BCUT2D eigenvalue weighted by Gasteiger charge is 2.41. The van der Waals surface area contributed by atoms with Crippen molar-refractivity contribution in [3.8, 4) is 11.5 Å². The third-order valence-corrected chi connectivity index (χ3v) is 11.4. The number of nitrogens with one attached hydrogen (secondary N) is 5. The lowest BCUT2D eigenvalue weighted by molar-refractivity contribution is -0.140. The largest absolute Gasteiger partial charge is 0.494 e. The molecule has 1 atom stereocenters. The number of carbonyl (C=O) groups excluding carboxylic acids is 3. The van der Waals surface area contributed by atoms with Gasteiger partial charge in [-0.25, -0.2) is 4.79 Å². The van der Waals surface area contributed by atoms with Crippen LogP contribution in [0.25, 0.3) is 0 Å². The summed E-state index contributed by atoms with van der Waals surface area (Å²) in [7, 11) is 1.41. The van der Waals surface area contributed by atoms with E-state index in [-0.39, 0.29) is 29.6 Å². The summed E-state index contributed by atoms with van der Waals surface area (Å²) in [5.41, 5.74) is 0.869. The third-order valence-electron chi connectivity index (χ3n) is 11.4. The molecule has 17 heteroatoms. The van der Waals surface area contributed by atoms with E-state index in [4.69, 9.17) is 33.8 Å². The fraction of sp³-hybridized carbons (Fsp3) is 0.560. The number of likely N-dealkylation sites (tertiary alicyclic amines) is 1. The number of carbonyl (C=O) groups is 3. The topological polar surface area (TPSA) is 216 Å². The molecule has 366 valence electrons. The fourth-order valence-corrected chi connectivity index (χ4v) is 7.68. The Morgan fingerprint density at radius 3 is 2.13 bits per heavy atom. The molecule has 0 radical (unpaired) electrons. The van der Waals surface area contributed by atoms with Gasteiger partial charge in [0.1, 0.15) is 28.8 Å². The number of hydrogen-bond donors (Lipinski definition) is 5. The summed E-state index contributed by atoms with van der Waals surface area (Å²) in [6, 6.07) is 16.0. The maximum Gasteiger partial charge on any atom is 0.410 e. The second-order valence-corrected chi connectivity index (χ2v) is 17.7. The van der Waals surface area contributed by atoms with Gasteiger partial charge in [-0.15, -0.1) is 0 Å². The van der Waals surface area contributed by atoms with Crippen LogP contribution >= 0.6 is 0 Å². The quantitative estimate of drug-likeness (QED) is 0.0225. The van der Waals surface area contributed by atoms with Gasteiger partial charge in [0.15, 0.2) is 0 Å². The van der Waals surface area contributed by atoms with Gasteiger partial charge in [0.05, 0.1) is 58.3 Å². The van der Waals surface area contributed by atoms with E-state index >= 15 is 0 Å². The van der Waals surface area contributed by atoms with Gasteiger partial charge < -0.3 is 54.0 Å². The lowest BCUT2D eigenvalue weighted by Crippen LogP contribution is -2.59. The van der Waals surface area contributed by atoms with E-state index < -0.39 is 17.2 Å². The highest BCUT2D eigenvalue weighted by atomic mass is 16.6. The predicted molar refractivity (Wildman–Crippen MR) is 255 cm³/mol. The molecular formula is C50H71N7O10. The predicted octanol–water partition coefficient (Wildman–Crippen LogP) is 7.83. The van der Waals surface area contributed by atoms with Crippen LogP contribution in [0.4, 0.5) is 10.5 Å². The molecule has 1 aromatic heterocycles. The molecule has 17 nitrogen and oxygen atoms in total. The molecule has 5 rings (SSSR count). The Morgan fingerprint density at radius 2 is 1.46 bits per heavy atom. The van der Waals surface area contributed by atoms with E-state index in [0.717, 1.165) is 56.3 Å². The SMILES string of the molecule is COC(=O)CCCCCOCCOCCOCCCCCCOc1ccc2c(c1)[C@@H](NC(=O)c1cccc(NC3(C(=N)NC(=N)c4ccncc4)CCN(C(=O)OC(C)(C)C)CC3)c1)CCO2. The number of fused-ring (bicyclic) bond motifs is 1. The van der Waals surface area contributed by atoms with Crippen LogP contribution in [-0.2, 0) is 28.5 Å². The zero-order valence-electron chi connectivity index (χ0n) is 39.8. The number of aromatic nitrogens is 1. The van der Waals surface area contributed by atoms with Gasteiger partial charge in [-0.3, -0.25) is 25.4 Å². The van der Waals surface area contributed by atoms with Crippen LogP contribution in [0.15, 0.2) is 67.0 Å². The third kappa shape index (κ3) is 17.8. The number of nitrogens with zero attached hydrogens (tertiary/aromatic N) is 2. The number of amidine groups is 2. The van der Waals surface area contributed by atoms with Crippen LogP contribution in [0.5, 0.6) is 11.5 Å². The molecule has 1 fully saturated rings. The highest BCUT2D eigenvalue weighted by molar-refractivity contribution is 6.10. The number of anilines is 1. The molecule has 2 aliphatic heterocycles. The van der Waals surface area contributed by atoms with Crippen LogP contribution < -0.4 is 25.4 Å². The standard InChI is InChI=1S/C50H71N7O10/c1-49(2,3)67-48(60)57-25-21-50(22-26-57,47(52)55-45(51)37-18-23-53-24-19-37)56-39-14-12-13-38(35-39)46(59)54-42-20-30-66-43-17-16-40(36-41(42)43)65-29-11-6-5-9-27-62-31-33-64-34-32-63-28-10-7-8-15-44(58)61-4/h12-14,16-19,23-24,35-36,42,56H,5-11,15,20-22,25-34H2,1-4H3,(H,54,59)(H3,51,52,55)/t42-/m0/s1. The minimum absolute atomic E-state index is 0.0509. The lowest BCUT2D eigenvalue weighted by atomic mass is 9.85. The maximum absolute atomic E-state index is 13.9. The van der Waals surface area contributed by atoms with Crippen molar-refractivity contribution in [3.63, 3.8) is 0 Å². The van der Waals surface area contributed by atoms with E-state index in [9.17, 15) is 19.8 Å². The molecule has 5 N–H and O–H groups in total. The minimum atomic E-state index is -0.984. The van der Waals surface area contributed by atoms with Crippen molar-refractivity contribution in [1.82, 2.24) is 20.5 Å². The molecule has 0 spiro atoms. The first kappa shape index (κ1) is 52.2. The molecular weight excluding hydrogens is 859 g/mol. The van der Waals surface area contributed by atoms with E-state index in [0.29, 0.717) is 114 Å². The van der Waals surface area contributed by atoms with Gasteiger partial charge in [-0.2, -0.15) is 0 Å². The molecule has 2 aliphatic rings. The number of esters is 1. The second kappa shape index (κ2) is 27.1. The summed E-state index contributed by atoms with van der Waals surface area (Å²) in [5.74, 6) is 1.13. The van der Waals surface area contributed by atoms with E-state index in [2.05, 4.69) is 25.7 Å². The maximum atomic E-state index is 13.9. The van der Waals surface area contributed by atoms with Crippen LogP contribution in [0.3, 0.4) is 0 Å². The smallest absolute Gasteiger partial charge is 0.410 e. The van der Waals surface area contributed by atoms with Gasteiger partial charge in [0.2, 0.25) is 0 Å². The number of methoxy groups -OCH3 is 1. The average molecular weight is 930 g/mol. The van der Waals surface area contributed by atoms with Crippen molar-refractivity contribution < 1.29 is 47.5 Å². The fourth-order valence-electron chi connectivity index (χ4n) is 7.68. The van der Waals surface area contributed by atoms with Gasteiger partial charge in [0.25, 0.3) is 5.91 Å². The molecule has 1 saturated heterocycles. The molecule has 0 aliphatic carbocycles.